The van der Waals surface area contributed by atoms with E-state index < -0.39 is 0 Å². The van der Waals surface area contributed by atoms with Crippen molar-refractivity contribution < 1.29 is 0 Å². The lowest BCUT2D eigenvalue weighted by Crippen LogP contribution is -2.40. The fourth-order valence-corrected chi connectivity index (χ4v) is 2.37. The topological polar surface area (TPSA) is 15.3 Å². The van der Waals surface area contributed by atoms with E-state index in [9.17, 15) is 0 Å². The molecule has 1 aliphatic carbocycles. The predicted octanol–water partition coefficient (Wildman–Crippen LogP) is 1.39. The lowest BCUT2D eigenvalue weighted by molar-refractivity contribution is 0.203. The summed E-state index contributed by atoms with van der Waals surface area (Å²) >= 11 is 0. The molecule has 1 fully saturated rings. The number of hydrogen-bond donors (Lipinski definition) is 1. The van der Waals surface area contributed by atoms with Crippen LogP contribution in [0.3, 0.4) is 0 Å². The summed E-state index contributed by atoms with van der Waals surface area (Å²) in [5.74, 6) is 0. The Bertz CT molecular complexity index is 181. The van der Waals surface area contributed by atoms with E-state index >= 15 is 0 Å². The highest BCUT2D eigenvalue weighted by Gasteiger charge is 2.22. The minimum Gasteiger partial charge on any atom is -0.313 e. The van der Waals surface area contributed by atoms with Crippen LogP contribution in [0.1, 0.15) is 26.2 Å². The molecule has 2 aliphatic rings. The van der Waals surface area contributed by atoms with Crippen LogP contribution in [-0.4, -0.2) is 36.6 Å². The number of nitrogens with one attached hydrogen (secondary N) is 1. The average Bonchev–Trinajstić information content (AvgIpc) is 2.56. The Morgan fingerprint density at radius 1 is 1.31 bits per heavy atom. The third-order valence-corrected chi connectivity index (χ3v) is 3.12. The Hall–Kier alpha value is -0.340. The summed E-state index contributed by atoms with van der Waals surface area (Å²) < 4.78 is 0. The molecule has 0 aromatic rings. The van der Waals surface area contributed by atoms with Gasteiger partial charge in [-0.25, -0.2) is 0 Å². The molecule has 1 aliphatic heterocycles. The van der Waals surface area contributed by atoms with E-state index in [2.05, 4.69) is 29.3 Å². The van der Waals surface area contributed by atoms with Crippen LogP contribution in [0.5, 0.6) is 0 Å². The lowest BCUT2D eigenvalue weighted by atomic mass is 10.2. The second-order valence-corrected chi connectivity index (χ2v) is 4.30. The van der Waals surface area contributed by atoms with Crippen molar-refractivity contribution in [3.63, 3.8) is 0 Å². The maximum Gasteiger partial charge on any atom is 0.0166 e. The van der Waals surface area contributed by atoms with E-state index in [-0.39, 0.29) is 0 Å². The monoisotopic (exact) mass is 180 g/mol. The molecule has 0 amide bonds. The van der Waals surface area contributed by atoms with Gasteiger partial charge in [0, 0.05) is 18.6 Å². The summed E-state index contributed by atoms with van der Waals surface area (Å²) in [5.41, 5.74) is 0. The first kappa shape index (κ1) is 9.22. The van der Waals surface area contributed by atoms with Crippen molar-refractivity contribution in [1.82, 2.24) is 10.2 Å². The fourth-order valence-electron chi connectivity index (χ4n) is 2.37. The van der Waals surface area contributed by atoms with Crippen LogP contribution in [0.25, 0.3) is 0 Å². The molecule has 1 atom stereocenters. The minimum absolute atomic E-state index is 0.670. The highest BCUT2D eigenvalue weighted by atomic mass is 15.2. The Morgan fingerprint density at radius 3 is 2.85 bits per heavy atom. The van der Waals surface area contributed by atoms with Gasteiger partial charge in [0.1, 0.15) is 0 Å². The molecule has 1 heterocycles. The van der Waals surface area contributed by atoms with Crippen LogP contribution >= 0.6 is 0 Å². The molecule has 1 unspecified atom stereocenters. The van der Waals surface area contributed by atoms with E-state index in [0.29, 0.717) is 6.04 Å². The van der Waals surface area contributed by atoms with E-state index in [4.69, 9.17) is 0 Å². The van der Waals surface area contributed by atoms with Crippen LogP contribution in [-0.2, 0) is 0 Å². The Morgan fingerprint density at radius 2 is 2.08 bits per heavy atom. The Balaban J connectivity index is 1.89. The Kier molecular flexibility index (Phi) is 3.01. The van der Waals surface area contributed by atoms with Gasteiger partial charge in [0.25, 0.3) is 0 Å². The predicted molar refractivity (Wildman–Crippen MR) is 55.8 cm³/mol. The summed E-state index contributed by atoms with van der Waals surface area (Å²) in [6, 6.07) is 1.48. The first-order valence-electron chi connectivity index (χ1n) is 5.48. The van der Waals surface area contributed by atoms with E-state index in [0.717, 1.165) is 6.04 Å². The summed E-state index contributed by atoms with van der Waals surface area (Å²) in [6.45, 7) is 5.99. The van der Waals surface area contributed by atoms with Gasteiger partial charge in [0.15, 0.2) is 0 Å². The van der Waals surface area contributed by atoms with Crippen LogP contribution in [0, 0.1) is 0 Å². The third-order valence-electron chi connectivity index (χ3n) is 3.12. The zero-order valence-electron chi connectivity index (χ0n) is 8.50. The third kappa shape index (κ3) is 2.32. The first-order chi connectivity index (χ1) is 6.36. The summed E-state index contributed by atoms with van der Waals surface area (Å²) in [7, 11) is 0. The van der Waals surface area contributed by atoms with E-state index in [1.54, 1.807) is 0 Å². The highest BCUT2D eigenvalue weighted by Crippen LogP contribution is 2.18. The molecule has 1 saturated heterocycles. The summed E-state index contributed by atoms with van der Waals surface area (Å²) in [4.78, 5) is 2.66. The van der Waals surface area contributed by atoms with E-state index in [1.807, 2.05) is 0 Å². The molecule has 0 bridgehead atoms. The van der Waals surface area contributed by atoms with Crippen molar-refractivity contribution in [1.29, 1.82) is 0 Å². The van der Waals surface area contributed by atoms with Gasteiger partial charge in [-0.05, 0) is 39.3 Å². The van der Waals surface area contributed by atoms with Gasteiger partial charge >= 0.3 is 0 Å². The van der Waals surface area contributed by atoms with Crippen molar-refractivity contribution in [2.75, 3.05) is 19.6 Å². The van der Waals surface area contributed by atoms with Crippen molar-refractivity contribution in [3.8, 4) is 0 Å². The zero-order valence-corrected chi connectivity index (χ0v) is 8.50. The normalized spacial score (nSPS) is 32.2. The van der Waals surface area contributed by atoms with Crippen molar-refractivity contribution in [2.45, 2.75) is 38.3 Å². The van der Waals surface area contributed by atoms with Gasteiger partial charge in [-0.3, -0.25) is 4.90 Å². The molecule has 2 heteroatoms. The second kappa shape index (κ2) is 4.25. The van der Waals surface area contributed by atoms with Crippen molar-refractivity contribution >= 4 is 0 Å². The minimum atomic E-state index is 0.670. The molecular formula is C11H20N2. The van der Waals surface area contributed by atoms with Gasteiger partial charge in [-0.1, -0.05) is 12.2 Å². The van der Waals surface area contributed by atoms with Crippen molar-refractivity contribution in [2.24, 2.45) is 0 Å². The molecule has 0 aromatic carbocycles. The fraction of sp³-hybridized carbons (Fsp3) is 0.818. The van der Waals surface area contributed by atoms with Crippen LogP contribution in [0.2, 0.25) is 0 Å². The molecule has 0 spiro atoms. The SMILES string of the molecule is CC1CN(C2CC=CC2)CCCN1. The molecule has 2 nitrogen and oxygen atoms in total. The van der Waals surface area contributed by atoms with Crippen molar-refractivity contribution in [3.05, 3.63) is 12.2 Å². The molecule has 13 heavy (non-hydrogen) atoms. The first-order valence-corrected chi connectivity index (χ1v) is 5.48. The highest BCUT2D eigenvalue weighted by molar-refractivity contribution is 4.99. The largest absolute Gasteiger partial charge is 0.313 e. The molecule has 0 aromatic heterocycles. The van der Waals surface area contributed by atoms with Crippen LogP contribution in [0.15, 0.2) is 12.2 Å². The molecule has 0 saturated carbocycles. The zero-order chi connectivity index (χ0) is 9.10. The maximum atomic E-state index is 3.54. The standard InChI is InChI=1S/C11H20N2/c1-10-9-13(8-4-7-12-10)11-5-2-3-6-11/h2-3,10-12H,4-9H2,1H3. The summed E-state index contributed by atoms with van der Waals surface area (Å²) in [6.07, 6.45) is 8.50. The number of rotatable bonds is 1. The smallest absolute Gasteiger partial charge is 0.0166 e. The van der Waals surface area contributed by atoms with E-state index in [1.165, 1.54) is 38.9 Å². The molecule has 74 valence electrons. The van der Waals surface area contributed by atoms with Gasteiger partial charge in [-0.15, -0.1) is 0 Å². The van der Waals surface area contributed by atoms with Gasteiger partial charge < -0.3 is 5.32 Å². The Labute approximate surface area is 81.0 Å². The quantitative estimate of drug-likeness (QED) is 0.613. The lowest BCUT2D eigenvalue weighted by Gasteiger charge is -2.28. The molecular weight excluding hydrogens is 160 g/mol. The number of nitrogens with zero attached hydrogens (tertiary/aromatic N) is 1. The van der Waals surface area contributed by atoms with Gasteiger partial charge in [0.05, 0.1) is 0 Å². The molecule has 2 rings (SSSR count). The molecule has 1 N–H and O–H groups in total. The van der Waals surface area contributed by atoms with Crippen LogP contribution < -0.4 is 5.32 Å². The molecule has 0 radical (unpaired) electrons. The average molecular weight is 180 g/mol. The van der Waals surface area contributed by atoms with Gasteiger partial charge in [-0.2, -0.15) is 0 Å². The maximum absolute atomic E-state index is 3.54. The van der Waals surface area contributed by atoms with Gasteiger partial charge in [0.2, 0.25) is 0 Å². The number of hydrogen-bond acceptors (Lipinski definition) is 2. The second-order valence-electron chi connectivity index (χ2n) is 4.30. The summed E-state index contributed by atoms with van der Waals surface area (Å²) in [5, 5.41) is 3.54. The van der Waals surface area contributed by atoms with Crippen LogP contribution in [0.4, 0.5) is 0 Å².